The molecule has 2 N–H and O–H groups in total. The summed E-state index contributed by atoms with van der Waals surface area (Å²) in [7, 11) is 0. The van der Waals surface area contributed by atoms with Gasteiger partial charge in [0, 0.05) is 34.9 Å². The van der Waals surface area contributed by atoms with Crippen molar-refractivity contribution in [1.29, 1.82) is 0 Å². The zero-order valence-corrected chi connectivity index (χ0v) is 16.2. The van der Waals surface area contributed by atoms with Gasteiger partial charge in [-0.25, -0.2) is 0 Å². The third kappa shape index (κ3) is 4.82. The first kappa shape index (κ1) is 19.3. The Bertz CT molecular complexity index is 957. The van der Waals surface area contributed by atoms with E-state index in [1.54, 1.807) is 48.8 Å². The van der Waals surface area contributed by atoms with Crippen LogP contribution in [-0.2, 0) is 5.41 Å². The maximum atomic E-state index is 12.4. The van der Waals surface area contributed by atoms with Gasteiger partial charge in [-0.3, -0.25) is 14.6 Å². The molecule has 0 saturated heterocycles. The Balaban J connectivity index is 1.62. The van der Waals surface area contributed by atoms with E-state index in [1.807, 2.05) is 24.3 Å². The first-order valence-electron chi connectivity index (χ1n) is 9.06. The number of rotatable bonds is 4. The average molecular weight is 373 g/mol. The van der Waals surface area contributed by atoms with Crippen molar-refractivity contribution in [3.63, 3.8) is 0 Å². The summed E-state index contributed by atoms with van der Waals surface area (Å²) in [5, 5.41) is 5.68. The van der Waals surface area contributed by atoms with Gasteiger partial charge in [0.25, 0.3) is 11.8 Å². The Morgan fingerprint density at radius 2 is 1.11 bits per heavy atom. The van der Waals surface area contributed by atoms with Crippen LogP contribution in [0, 0.1) is 0 Å². The lowest BCUT2D eigenvalue weighted by Gasteiger charge is -2.19. The molecule has 2 amide bonds. The second-order valence-corrected chi connectivity index (χ2v) is 7.55. The van der Waals surface area contributed by atoms with Crippen LogP contribution in [0.25, 0.3) is 0 Å². The highest BCUT2D eigenvalue weighted by atomic mass is 16.2. The Kier molecular flexibility index (Phi) is 5.54. The molecule has 0 aliphatic rings. The Labute approximate surface area is 164 Å². The third-order valence-corrected chi connectivity index (χ3v) is 4.36. The summed E-state index contributed by atoms with van der Waals surface area (Å²) in [5.41, 5.74) is 3.67. The van der Waals surface area contributed by atoms with Crippen LogP contribution in [0.4, 0.5) is 11.4 Å². The molecule has 3 aromatic rings. The third-order valence-electron chi connectivity index (χ3n) is 4.36. The van der Waals surface area contributed by atoms with E-state index in [0.29, 0.717) is 22.5 Å². The minimum Gasteiger partial charge on any atom is -0.322 e. The van der Waals surface area contributed by atoms with E-state index in [9.17, 15) is 9.59 Å². The highest BCUT2D eigenvalue weighted by molar-refractivity contribution is 6.05. The minimum absolute atomic E-state index is 0.0472. The highest BCUT2D eigenvalue weighted by Gasteiger charge is 2.14. The molecule has 0 spiro atoms. The topological polar surface area (TPSA) is 71.1 Å². The van der Waals surface area contributed by atoms with E-state index in [2.05, 4.69) is 36.4 Å². The number of nitrogens with zero attached hydrogens (tertiary/aromatic N) is 1. The number of hydrogen-bond donors (Lipinski definition) is 2. The number of anilines is 2. The fraction of sp³-hybridized carbons (Fsp3) is 0.174. The summed E-state index contributed by atoms with van der Waals surface area (Å²) in [6.45, 7) is 6.41. The number of aromatic nitrogens is 1. The van der Waals surface area contributed by atoms with Gasteiger partial charge in [0.1, 0.15) is 0 Å². The first-order valence-corrected chi connectivity index (χ1v) is 9.06. The molecule has 0 saturated carbocycles. The van der Waals surface area contributed by atoms with Crippen molar-refractivity contribution in [3.8, 4) is 0 Å². The Morgan fingerprint density at radius 1 is 0.679 bits per heavy atom. The van der Waals surface area contributed by atoms with Crippen molar-refractivity contribution in [1.82, 2.24) is 4.98 Å². The van der Waals surface area contributed by atoms with Crippen molar-refractivity contribution in [2.45, 2.75) is 26.2 Å². The van der Waals surface area contributed by atoms with Gasteiger partial charge in [-0.1, -0.05) is 32.9 Å². The van der Waals surface area contributed by atoms with Crippen LogP contribution >= 0.6 is 0 Å². The van der Waals surface area contributed by atoms with E-state index in [0.717, 1.165) is 0 Å². The molecule has 0 aliphatic heterocycles. The molecule has 0 atom stereocenters. The fourth-order valence-electron chi connectivity index (χ4n) is 2.67. The quantitative estimate of drug-likeness (QED) is 0.684. The Hall–Kier alpha value is -3.47. The van der Waals surface area contributed by atoms with E-state index >= 15 is 0 Å². The van der Waals surface area contributed by atoms with Crippen molar-refractivity contribution >= 4 is 23.2 Å². The molecule has 5 heteroatoms. The van der Waals surface area contributed by atoms with Gasteiger partial charge in [0.05, 0.1) is 0 Å². The van der Waals surface area contributed by atoms with Crippen molar-refractivity contribution in [3.05, 3.63) is 89.7 Å². The van der Waals surface area contributed by atoms with Crippen molar-refractivity contribution < 1.29 is 9.59 Å². The van der Waals surface area contributed by atoms with Crippen molar-refractivity contribution in [2.24, 2.45) is 0 Å². The van der Waals surface area contributed by atoms with E-state index < -0.39 is 0 Å². The summed E-state index contributed by atoms with van der Waals surface area (Å²) in [4.78, 5) is 28.5. The zero-order valence-electron chi connectivity index (χ0n) is 16.2. The molecule has 0 fully saturated rings. The van der Waals surface area contributed by atoms with E-state index in [4.69, 9.17) is 0 Å². The molecular weight excluding hydrogens is 350 g/mol. The second-order valence-electron chi connectivity index (χ2n) is 7.55. The molecule has 0 aliphatic carbocycles. The van der Waals surface area contributed by atoms with Crippen molar-refractivity contribution in [2.75, 3.05) is 10.6 Å². The molecule has 3 rings (SSSR count). The summed E-state index contributed by atoms with van der Waals surface area (Å²) >= 11 is 0. The van der Waals surface area contributed by atoms with Gasteiger partial charge in [0.15, 0.2) is 0 Å². The van der Waals surface area contributed by atoms with Gasteiger partial charge in [0.2, 0.25) is 0 Å². The smallest absolute Gasteiger partial charge is 0.255 e. The number of carbonyl (C=O) groups excluding carboxylic acids is 2. The average Bonchev–Trinajstić information content (AvgIpc) is 2.69. The van der Waals surface area contributed by atoms with Gasteiger partial charge >= 0.3 is 0 Å². The van der Waals surface area contributed by atoms with Crippen LogP contribution in [0.3, 0.4) is 0 Å². The number of carbonyl (C=O) groups is 2. The molecule has 28 heavy (non-hydrogen) atoms. The van der Waals surface area contributed by atoms with Crippen LogP contribution in [0.5, 0.6) is 0 Å². The van der Waals surface area contributed by atoms with E-state index in [1.165, 1.54) is 5.56 Å². The van der Waals surface area contributed by atoms with E-state index in [-0.39, 0.29) is 17.2 Å². The first-order chi connectivity index (χ1) is 13.3. The van der Waals surface area contributed by atoms with Crippen LogP contribution in [0.1, 0.15) is 47.1 Å². The van der Waals surface area contributed by atoms with Crippen LogP contribution < -0.4 is 10.6 Å². The largest absolute Gasteiger partial charge is 0.322 e. The molecule has 0 bridgehead atoms. The molecule has 1 aromatic heterocycles. The molecule has 142 valence electrons. The highest BCUT2D eigenvalue weighted by Crippen LogP contribution is 2.22. The monoisotopic (exact) mass is 373 g/mol. The van der Waals surface area contributed by atoms with Gasteiger partial charge in [-0.05, 0) is 59.5 Å². The molecule has 5 nitrogen and oxygen atoms in total. The molecule has 1 heterocycles. The maximum Gasteiger partial charge on any atom is 0.255 e. The predicted octanol–water partition coefficient (Wildman–Crippen LogP) is 4.88. The van der Waals surface area contributed by atoms with Crippen LogP contribution in [0.15, 0.2) is 73.1 Å². The van der Waals surface area contributed by atoms with Crippen LogP contribution in [0.2, 0.25) is 0 Å². The molecule has 0 unspecified atom stereocenters. The summed E-state index contributed by atoms with van der Waals surface area (Å²) in [6, 6.07) is 17.9. The van der Waals surface area contributed by atoms with Gasteiger partial charge in [-0.15, -0.1) is 0 Å². The number of nitrogens with one attached hydrogen (secondary N) is 2. The Morgan fingerprint density at radius 3 is 1.54 bits per heavy atom. The number of amides is 2. The second kappa shape index (κ2) is 8.05. The maximum absolute atomic E-state index is 12.4. The fourth-order valence-corrected chi connectivity index (χ4v) is 2.67. The lowest BCUT2D eigenvalue weighted by Crippen LogP contribution is -2.14. The van der Waals surface area contributed by atoms with Crippen LogP contribution in [-0.4, -0.2) is 16.8 Å². The number of benzene rings is 2. The van der Waals surface area contributed by atoms with Gasteiger partial charge in [-0.2, -0.15) is 0 Å². The number of pyridine rings is 1. The predicted molar refractivity (Wildman–Crippen MR) is 112 cm³/mol. The molecule has 2 aromatic carbocycles. The minimum atomic E-state index is -0.210. The summed E-state index contributed by atoms with van der Waals surface area (Å²) in [6.07, 6.45) is 3.14. The normalized spacial score (nSPS) is 11.0. The lowest BCUT2D eigenvalue weighted by atomic mass is 9.87. The number of hydrogen-bond acceptors (Lipinski definition) is 3. The lowest BCUT2D eigenvalue weighted by molar-refractivity contribution is 0.101. The summed E-state index contributed by atoms with van der Waals surface area (Å²) < 4.78 is 0. The molecule has 0 radical (unpaired) electrons. The summed E-state index contributed by atoms with van der Waals surface area (Å²) in [5.74, 6) is -0.382. The SMILES string of the molecule is CC(C)(C)c1ccc(C(=O)Nc2ccc(NC(=O)c3ccncc3)cc2)cc1. The van der Waals surface area contributed by atoms with Gasteiger partial charge < -0.3 is 10.6 Å². The molecular formula is C23H23N3O2. The zero-order chi connectivity index (χ0) is 20.1. The standard InChI is InChI=1S/C23H23N3O2/c1-23(2,3)18-6-4-16(5-7-18)21(27)25-19-8-10-20(11-9-19)26-22(28)17-12-14-24-15-13-17/h4-15H,1-3H3,(H,25,27)(H,26,28).